The summed E-state index contributed by atoms with van der Waals surface area (Å²) >= 11 is 0. The number of carbonyl (C=O) groups is 2. The van der Waals surface area contributed by atoms with Gasteiger partial charge in [-0.3, -0.25) is 9.59 Å². The molecule has 4 aliphatic carbocycles. The molecule has 28 heavy (non-hydrogen) atoms. The number of Topliss-reactive ketones (excluding diaryl/α,β-unsaturated/α-hetero) is 1. The maximum Gasteiger partial charge on any atom is 0.303 e. The molecule has 4 saturated carbocycles. The van der Waals surface area contributed by atoms with Gasteiger partial charge in [-0.2, -0.15) is 0 Å². The van der Waals surface area contributed by atoms with Crippen molar-refractivity contribution < 1.29 is 29.6 Å². The molecule has 0 aromatic rings. The Hall–Kier alpha value is -1.24. The molecule has 156 valence electrons. The normalized spacial score (nSPS) is 52.0. The van der Waals surface area contributed by atoms with Crippen molar-refractivity contribution in [2.75, 3.05) is 0 Å². The fraction of sp³-hybridized carbons (Fsp3) is 0.818. The van der Waals surface area contributed by atoms with E-state index in [2.05, 4.69) is 6.58 Å². The van der Waals surface area contributed by atoms with E-state index in [1.807, 2.05) is 20.8 Å². The second-order valence-corrected chi connectivity index (χ2v) is 10.6. The van der Waals surface area contributed by atoms with E-state index in [0.717, 1.165) is 0 Å². The number of hydrogen-bond donors (Lipinski definition) is 3. The molecular formula is C22H32O6. The molecule has 0 amide bonds. The lowest BCUT2D eigenvalue weighted by Crippen LogP contribution is -2.70. The lowest BCUT2D eigenvalue weighted by molar-refractivity contribution is -0.266. The zero-order valence-corrected chi connectivity index (χ0v) is 17.1. The maximum atomic E-state index is 13.2. The van der Waals surface area contributed by atoms with E-state index < -0.39 is 46.6 Å². The predicted octanol–water partition coefficient (Wildman–Crippen LogP) is 1.61. The van der Waals surface area contributed by atoms with Crippen LogP contribution in [0.3, 0.4) is 0 Å². The Bertz CT molecular complexity index is 743. The minimum atomic E-state index is -0.924. The Kier molecular flexibility index (Phi) is 4.22. The van der Waals surface area contributed by atoms with Crippen molar-refractivity contribution in [3.8, 4) is 0 Å². The Morgan fingerprint density at radius 2 is 1.68 bits per heavy atom. The fourth-order valence-electron chi connectivity index (χ4n) is 8.19. The van der Waals surface area contributed by atoms with E-state index in [9.17, 15) is 24.9 Å². The quantitative estimate of drug-likeness (QED) is 0.463. The summed E-state index contributed by atoms with van der Waals surface area (Å²) in [5.74, 6) is -1.20. The van der Waals surface area contributed by atoms with Gasteiger partial charge in [-0.25, -0.2) is 0 Å². The van der Waals surface area contributed by atoms with Gasteiger partial charge in [0.15, 0.2) is 5.78 Å². The minimum absolute atomic E-state index is 0.0211. The van der Waals surface area contributed by atoms with Crippen LogP contribution < -0.4 is 0 Å². The average Bonchev–Trinajstić information content (AvgIpc) is 2.71. The Morgan fingerprint density at radius 3 is 2.29 bits per heavy atom. The van der Waals surface area contributed by atoms with E-state index in [1.165, 1.54) is 6.92 Å². The first kappa shape index (κ1) is 20.0. The van der Waals surface area contributed by atoms with Crippen LogP contribution in [0, 0.1) is 34.0 Å². The van der Waals surface area contributed by atoms with Crippen LogP contribution in [0.1, 0.15) is 53.4 Å². The smallest absolute Gasteiger partial charge is 0.303 e. The van der Waals surface area contributed by atoms with Crippen LogP contribution >= 0.6 is 0 Å². The van der Waals surface area contributed by atoms with Gasteiger partial charge in [0.1, 0.15) is 6.10 Å². The number of ether oxygens (including phenoxy) is 1. The molecular weight excluding hydrogens is 360 g/mol. The summed E-state index contributed by atoms with van der Waals surface area (Å²) < 4.78 is 5.48. The van der Waals surface area contributed by atoms with E-state index >= 15 is 0 Å². The van der Waals surface area contributed by atoms with Crippen LogP contribution in [0.15, 0.2) is 12.2 Å². The van der Waals surface area contributed by atoms with Gasteiger partial charge in [0.2, 0.25) is 0 Å². The maximum absolute atomic E-state index is 13.2. The van der Waals surface area contributed by atoms with Crippen molar-refractivity contribution in [2.45, 2.75) is 77.8 Å². The Labute approximate surface area is 166 Å². The van der Waals surface area contributed by atoms with Gasteiger partial charge < -0.3 is 20.1 Å². The second-order valence-electron chi connectivity index (χ2n) is 10.6. The van der Waals surface area contributed by atoms with Crippen molar-refractivity contribution in [2.24, 2.45) is 34.0 Å². The van der Waals surface area contributed by atoms with Crippen molar-refractivity contribution in [3.63, 3.8) is 0 Å². The number of esters is 1. The van der Waals surface area contributed by atoms with Gasteiger partial charge in [0.25, 0.3) is 0 Å². The molecule has 2 bridgehead atoms. The molecule has 0 heterocycles. The molecule has 4 fully saturated rings. The predicted molar refractivity (Wildman–Crippen MR) is 101 cm³/mol. The molecule has 0 radical (unpaired) electrons. The second kappa shape index (κ2) is 5.89. The van der Waals surface area contributed by atoms with Gasteiger partial charge in [-0.05, 0) is 48.5 Å². The number of fused-ring (bicyclic) bond motifs is 3. The largest absolute Gasteiger partial charge is 0.459 e. The summed E-state index contributed by atoms with van der Waals surface area (Å²) in [7, 11) is 0. The molecule has 4 aliphatic rings. The Morgan fingerprint density at radius 1 is 1.04 bits per heavy atom. The summed E-state index contributed by atoms with van der Waals surface area (Å²) in [6.07, 6.45) is -1.46. The van der Waals surface area contributed by atoms with Crippen molar-refractivity contribution >= 4 is 11.8 Å². The van der Waals surface area contributed by atoms with Crippen LogP contribution in [0.5, 0.6) is 0 Å². The highest BCUT2D eigenvalue weighted by Gasteiger charge is 2.73. The first-order chi connectivity index (χ1) is 12.9. The summed E-state index contributed by atoms with van der Waals surface area (Å²) in [5, 5.41) is 33.4. The zero-order valence-electron chi connectivity index (χ0n) is 17.1. The summed E-state index contributed by atoms with van der Waals surface area (Å²) in [6.45, 7) is 11.1. The number of rotatable bonds is 1. The molecule has 6 nitrogen and oxygen atoms in total. The van der Waals surface area contributed by atoms with Crippen molar-refractivity contribution in [1.82, 2.24) is 0 Å². The first-order valence-corrected chi connectivity index (χ1v) is 10.3. The van der Waals surface area contributed by atoms with Crippen LogP contribution in [0.25, 0.3) is 0 Å². The topological polar surface area (TPSA) is 104 Å². The summed E-state index contributed by atoms with van der Waals surface area (Å²) in [4.78, 5) is 24.9. The molecule has 0 saturated heterocycles. The third-order valence-electron chi connectivity index (χ3n) is 8.56. The molecule has 3 N–H and O–H groups in total. The van der Waals surface area contributed by atoms with Gasteiger partial charge in [0, 0.05) is 23.7 Å². The standard InChI is InChI=1S/C22H32O6/c1-10-12-6-13(24)17-21(5)8-15(26)19(28-11(2)23)20(3,4)16(21)14(25)9-22(17,7-12)18(10)27/h12-17,19,24-26H,1,6-9H2,2-5H3. The highest BCUT2D eigenvalue weighted by Crippen LogP contribution is 2.71. The molecule has 4 rings (SSSR count). The van der Waals surface area contributed by atoms with E-state index in [1.54, 1.807) is 0 Å². The Balaban J connectivity index is 1.83. The zero-order chi connectivity index (χ0) is 20.8. The molecule has 1 spiro atoms. The van der Waals surface area contributed by atoms with Gasteiger partial charge in [0.05, 0.1) is 18.3 Å². The van der Waals surface area contributed by atoms with E-state index in [-0.39, 0.29) is 36.4 Å². The van der Waals surface area contributed by atoms with Crippen LogP contribution in [-0.4, -0.2) is 51.5 Å². The van der Waals surface area contributed by atoms with Gasteiger partial charge in [-0.1, -0.05) is 27.4 Å². The number of hydrogen-bond acceptors (Lipinski definition) is 6. The number of ketones is 1. The molecule has 0 aliphatic heterocycles. The third-order valence-corrected chi connectivity index (χ3v) is 8.56. The third kappa shape index (κ3) is 2.31. The monoisotopic (exact) mass is 392 g/mol. The number of aliphatic hydroxyl groups excluding tert-OH is 3. The number of allylic oxidation sites excluding steroid dienone is 1. The molecule has 9 atom stereocenters. The molecule has 9 unspecified atom stereocenters. The highest BCUT2D eigenvalue weighted by atomic mass is 16.6. The first-order valence-electron chi connectivity index (χ1n) is 10.3. The number of carbonyl (C=O) groups excluding carboxylic acids is 2. The summed E-state index contributed by atoms with van der Waals surface area (Å²) in [5.41, 5.74) is -1.62. The molecule has 0 aromatic heterocycles. The van der Waals surface area contributed by atoms with Crippen LogP contribution in [0.2, 0.25) is 0 Å². The minimum Gasteiger partial charge on any atom is -0.459 e. The highest BCUT2D eigenvalue weighted by molar-refractivity contribution is 6.03. The van der Waals surface area contributed by atoms with E-state index in [0.29, 0.717) is 18.4 Å². The van der Waals surface area contributed by atoms with Crippen LogP contribution in [-0.2, 0) is 14.3 Å². The average molecular weight is 392 g/mol. The van der Waals surface area contributed by atoms with Gasteiger partial charge in [-0.15, -0.1) is 0 Å². The lowest BCUT2D eigenvalue weighted by Gasteiger charge is -2.67. The number of aliphatic hydroxyl groups is 3. The molecule has 0 aromatic carbocycles. The SMILES string of the molecule is C=C1C(=O)C23CC1CC(O)C2C1(C)CC(O)C(OC(C)=O)C(C)(C)C1C(O)C3. The van der Waals surface area contributed by atoms with Gasteiger partial charge >= 0.3 is 5.97 Å². The fourth-order valence-corrected chi connectivity index (χ4v) is 8.19. The van der Waals surface area contributed by atoms with Crippen LogP contribution in [0.4, 0.5) is 0 Å². The van der Waals surface area contributed by atoms with E-state index in [4.69, 9.17) is 4.74 Å². The van der Waals surface area contributed by atoms with Crippen molar-refractivity contribution in [3.05, 3.63) is 12.2 Å². The van der Waals surface area contributed by atoms with Crippen molar-refractivity contribution in [1.29, 1.82) is 0 Å². The lowest BCUT2D eigenvalue weighted by atomic mass is 9.39. The molecule has 6 heteroatoms. The summed E-state index contributed by atoms with van der Waals surface area (Å²) in [6, 6.07) is 0.